The van der Waals surface area contributed by atoms with Gasteiger partial charge in [0.15, 0.2) is 0 Å². The van der Waals surface area contributed by atoms with E-state index in [0.717, 1.165) is 0 Å². The predicted molar refractivity (Wildman–Crippen MR) is 88.5 cm³/mol. The van der Waals surface area contributed by atoms with Gasteiger partial charge in [0.05, 0.1) is 12.6 Å². The minimum Gasteiger partial charge on any atom is -0.481 e. The van der Waals surface area contributed by atoms with Gasteiger partial charge >= 0.3 is 5.97 Å². The van der Waals surface area contributed by atoms with Crippen LogP contribution < -0.4 is 9.80 Å². The molecule has 1 aromatic heterocycles. The molecule has 0 saturated carbocycles. The summed E-state index contributed by atoms with van der Waals surface area (Å²) in [6, 6.07) is -0.436. The van der Waals surface area contributed by atoms with E-state index in [1.165, 1.54) is 0 Å². The maximum absolute atomic E-state index is 14.3. The van der Waals surface area contributed by atoms with Crippen LogP contribution in [0.1, 0.15) is 37.4 Å². The molecule has 2 aliphatic heterocycles. The quantitative estimate of drug-likeness (QED) is 0.878. The standard InChI is InChI=1S/C17H21F3N4O2/c1-9-12(18)8-24(9)16-21-14-11(2-4-17(14,19)20)15(22-16)23-5-3-10(7-23)6-13(25)26/h9-10,12H,2-8H2,1H3,(H,25,26)/t9-,10+,12-/m1/s1. The van der Waals surface area contributed by atoms with E-state index >= 15 is 0 Å². The van der Waals surface area contributed by atoms with Crippen LogP contribution in [0.25, 0.3) is 0 Å². The van der Waals surface area contributed by atoms with Gasteiger partial charge in [-0.3, -0.25) is 4.79 Å². The molecule has 0 amide bonds. The molecule has 4 rings (SSSR count). The zero-order valence-corrected chi connectivity index (χ0v) is 14.5. The summed E-state index contributed by atoms with van der Waals surface area (Å²) in [5, 5.41) is 8.98. The van der Waals surface area contributed by atoms with Crippen molar-refractivity contribution in [2.75, 3.05) is 29.4 Å². The van der Waals surface area contributed by atoms with E-state index in [2.05, 4.69) is 9.97 Å². The Morgan fingerprint density at radius 2 is 2.12 bits per heavy atom. The number of fused-ring (bicyclic) bond motifs is 1. The molecule has 3 atom stereocenters. The van der Waals surface area contributed by atoms with E-state index in [-0.39, 0.29) is 43.4 Å². The van der Waals surface area contributed by atoms with Crippen molar-refractivity contribution in [3.63, 3.8) is 0 Å². The highest BCUT2D eigenvalue weighted by Crippen LogP contribution is 2.45. The molecule has 2 fully saturated rings. The van der Waals surface area contributed by atoms with Crippen LogP contribution in [0.5, 0.6) is 0 Å². The highest BCUT2D eigenvalue weighted by atomic mass is 19.3. The Morgan fingerprint density at radius 3 is 2.77 bits per heavy atom. The molecular formula is C17H21F3N4O2. The van der Waals surface area contributed by atoms with Crippen LogP contribution in [0.15, 0.2) is 0 Å². The number of carbonyl (C=O) groups is 1. The Hall–Kier alpha value is -2.06. The first kappa shape index (κ1) is 17.4. The van der Waals surface area contributed by atoms with Crippen LogP contribution in [0.3, 0.4) is 0 Å². The van der Waals surface area contributed by atoms with Crippen molar-refractivity contribution >= 4 is 17.7 Å². The van der Waals surface area contributed by atoms with E-state index in [1.807, 2.05) is 4.90 Å². The van der Waals surface area contributed by atoms with Crippen LogP contribution in [0.4, 0.5) is 24.9 Å². The average molecular weight is 370 g/mol. The summed E-state index contributed by atoms with van der Waals surface area (Å²) in [6.07, 6.45) is -0.383. The van der Waals surface area contributed by atoms with E-state index in [4.69, 9.17) is 5.11 Å². The third kappa shape index (κ3) is 2.77. The summed E-state index contributed by atoms with van der Waals surface area (Å²) < 4.78 is 42.2. The minimum absolute atomic E-state index is 0.0263. The number of carboxylic acids is 1. The van der Waals surface area contributed by atoms with Crippen molar-refractivity contribution in [2.24, 2.45) is 5.92 Å². The first-order chi connectivity index (χ1) is 12.3. The number of aromatic nitrogens is 2. The number of halogens is 3. The normalized spacial score (nSPS) is 29.6. The fourth-order valence-corrected chi connectivity index (χ4v) is 4.05. The molecule has 0 radical (unpaired) electrons. The molecule has 0 spiro atoms. The molecule has 6 nitrogen and oxygen atoms in total. The molecule has 1 aliphatic carbocycles. The van der Waals surface area contributed by atoms with Crippen LogP contribution in [0.2, 0.25) is 0 Å². The summed E-state index contributed by atoms with van der Waals surface area (Å²) in [4.78, 5) is 23.0. The van der Waals surface area contributed by atoms with Crippen molar-refractivity contribution in [3.8, 4) is 0 Å². The zero-order valence-electron chi connectivity index (χ0n) is 14.5. The van der Waals surface area contributed by atoms with E-state index in [9.17, 15) is 18.0 Å². The summed E-state index contributed by atoms with van der Waals surface area (Å²) in [5.41, 5.74) is 0.188. The van der Waals surface area contributed by atoms with Gasteiger partial charge in [0.25, 0.3) is 5.92 Å². The zero-order chi connectivity index (χ0) is 18.6. The lowest BCUT2D eigenvalue weighted by atomic mass is 10.0. The van der Waals surface area contributed by atoms with Gasteiger partial charge < -0.3 is 14.9 Å². The van der Waals surface area contributed by atoms with E-state index in [0.29, 0.717) is 30.9 Å². The van der Waals surface area contributed by atoms with Gasteiger partial charge in [0.2, 0.25) is 5.95 Å². The lowest BCUT2D eigenvalue weighted by Gasteiger charge is -2.42. The second kappa shape index (κ2) is 5.99. The van der Waals surface area contributed by atoms with Crippen molar-refractivity contribution in [1.29, 1.82) is 0 Å². The average Bonchev–Trinajstić information content (AvgIpc) is 3.15. The molecular weight excluding hydrogens is 349 g/mol. The first-order valence-corrected chi connectivity index (χ1v) is 8.93. The Labute approximate surface area is 149 Å². The van der Waals surface area contributed by atoms with Crippen molar-refractivity contribution in [3.05, 3.63) is 11.3 Å². The Balaban J connectivity index is 1.68. The second-order valence-corrected chi connectivity index (χ2v) is 7.49. The molecule has 2 saturated heterocycles. The maximum Gasteiger partial charge on any atom is 0.303 e. The van der Waals surface area contributed by atoms with Crippen molar-refractivity contribution < 1.29 is 23.1 Å². The number of carboxylic acid groups (broad SMARTS) is 1. The first-order valence-electron chi connectivity index (χ1n) is 8.93. The molecule has 142 valence electrons. The summed E-state index contributed by atoms with van der Waals surface area (Å²) >= 11 is 0. The number of anilines is 2. The lowest BCUT2D eigenvalue weighted by molar-refractivity contribution is -0.137. The smallest absolute Gasteiger partial charge is 0.303 e. The van der Waals surface area contributed by atoms with Crippen LogP contribution in [-0.2, 0) is 17.1 Å². The predicted octanol–water partition coefficient (Wildman–Crippen LogP) is 2.36. The van der Waals surface area contributed by atoms with Gasteiger partial charge in [-0.1, -0.05) is 0 Å². The summed E-state index contributed by atoms with van der Waals surface area (Å²) in [6.45, 7) is 2.84. The second-order valence-electron chi connectivity index (χ2n) is 7.49. The minimum atomic E-state index is -3.01. The Bertz CT molecular complexity index is 745. The fourth-order valence-electron chi connectivity index (χ4n) is 4.05. The SMILES string of the molecule is C[C@@H]1[C@H](F)CN1c1nc(N2CC[C@@H](CC(=O)O)C2)c2c(n1)C(F)(F)CC2. The highest BCUT2D eigenvalue weighted by molar-refractivity contribution is 5.67. The lowest BCUT2D eigenvalue weighted by Crippen LogP contribution is -2.57. The Kier molecular flexibility index (Phi) is 4.00. The number of nitrogens with zero attached hydrogens (tertiary/aromatic N) is 4. The molecule has 3 aliphatic rings. The van der Waals surface area contributed by atoms with Crippen molar-refractivity contribution in [2.45, 2.75) is 50.7 Å². The topological polar surface area (TPSA) is 69.6 Å². The third-order valence-electron chi connectivity index (χ3n) is 5.70. The molecule has 0 bridgehead atoms. The fraction of sp³-hybridized carbons (Fsp3) is 0.706. The van der Waals surface area contributed by atoms with Gasteiger partial charge in [0.1, 0.15) is 17.7 Å². The molecule has 1 aromatic rings. The van der Waals surface area contributed by atoms with Gasteiger partial charge in [-0.05, 0) is 25.7 Å². The molecule has 3 heterocycles. The van der Waals surface area contributed by atoms with Gasteiger partial charge in [-0.25, -0.2) is 9.37 Å². The maximum atomic E-state index is 14.3. The van der Waals surface area contributed by atoms with Gasteiger partial charge in [-0.15, -0.1) is 0 Å². The third-order valence-corrected chi connectivity index (χ3v) is 5.70. The highest BCUT2D eigenvalue weighted by Gasteiger charge is 2.46. The van der Waals surface area contributed by atoms with Crippen LogP contribution >= 0.6 is 0 Å². The molecule has 26 heavy (non-hydrogen) atoms. The van der Waals surface area contributed by atoms with Gasteiger partial charge in [0, 0.05) is 31.5 Å². The Morgan fingerprint density at radius 1 is 1.35 bits per heavy atom. The largest absolute Gasteiger partial charge is 0.481 e. The van der Waals surface area contributed by atoms with Crippen LogP contribution in [0, 0.1) is 5.92 Å². The number of rotatable bonds is 4. The number of hydrogen-bond donors (Lipinski definition) is 1. The number of hydrogen-bond acceptors (Lipinski definition) is 5. The molecule has 1 N–H and O–H groups in total. The van der Waals surface area contributed by atoms with Crippen molar-refractivity contribution in [1.82, 2.24) is 9.97 Å². The monoisotopic (exact) mass is 370 g/mol. The molecule has 9 heteroatoms. The van der Waals surface area contributed by atoms with E-state index in [1.54, 1.807) is 11.8 Å². The summed E-state index contributed by atoms with van der Waals surface area (Å²) in [5.74, 6) is -3.29. The number of alkyl halides is 3. The molecule has 0 aromatic carbocycles. The summed E-state index contributed by atoms with van der Waals surface area (Å²) in [7, 11) is 0. The molecule has 0 unspecified atom stereocenters. The number of aliphatic carboxylic acids is 1. The van der Waals surface area contributed by atoms with Crippen LogP contribution in [-0.4, -0.2) is 52.9 Å². The van der Waals surface area contributed by atoms with Gasteiger partial charge in [-0.2, -0.15) is 13.8 Å². The van der Waals surface area contributed by atoms with E-state index < -0.39 is 24.1 Å².